The van der Waals surface area contributed by atoms with Gasteiger partial charge < -0.3 is 10.1 Å². The van der Waals surface area contributed by atoms with E-state index in [1.807, 2.05) is 18.2 Å². The molecular weight excluding hydrogens is 281 g/mol. The molecule has 4 heteroatoms. The Morgan fingerprint density at radius 2 is 2.26 bits per heavy atom. The zero-order valence-corrected chi connectivity index (χ0v) is 12.8. The van der Waals surface area contributed by atoms with E-state index in [1.165, 1.54) is 0 Å². The molecule has 0 amide bonds. The monoisotopic (exact) mass is 301 g/mol. The fourth-order valence-corrected chi connectivity index (χ4v) is 2.94. The van der Waals surface area contributed by atoms with Crippen LogP contribution in [0.15, 0.2) is 18.2 Å². The Balaban J connectivity index is 2.12. The average Bonchev–Trinajstić information content (AvgIpc) is 2.90. The summed E-state index contributed by atoms with van der Waals surface area (Å²) in [7, 11) is 0. The van der Waals surface area contributed by atoms with Gasteiger partial charge in [-0.25, -0.2) is 0 Å². The van der Waals surface area contributed by atoms with Crippen LogP contribution >= 0.6 is 23.2 Å². The quantitative estimate of drug-likeness (QED) is 0.829. The van der Waals surface area contributed by atoms with E-state index in [2.05, 4.69) is 12.2 Å². The Hall–Kier alpha value is -0.280. The molecule has 0 spiro atoms. The van der Waals surface area contributed by atoms with Gasteiger partial charge in [-0.2, -0.15) is 0 Å². The van der Waals surface area contributed by atoms with Gasteiger partial charge in [0.15, 0.2) is 0 Å². The summed E-state index contributed by atoms with van der Waals surface area (Å²) < 4.78 is 5.74. The lowest BCUT2D eigenvalue weighted by molar-refractivity contribution is 0.0946. The minimum Gasteiger partial charge on any atom is -0.378 e. The summed E-state index contributed by atoms with van der Waals surface area (Å²) in [6.07, 6.45) is 4.70. The Morgan fingerprint density at radius 1 is 1.42 bits per heavy atom. The first-order valence-electron chi connectivity index (χ1n) is 7.00. The molecule has 2 atom stereocenters. The summed E-state index contributed by atoms with van der Waals surface area (Å²) in [6, 6.07) is 5.88. The van der Waals surface area contributed by atoms with Crippen LogP contribution in [0.1, 0.15) is 44.2 Å². The summed E-state index contributed by atoms with van der Waals surface area (Å²) in [5.74, 6) is 0. The third kappa shape index (κ3) is 4.35. The SMILES string of the molecule is CCCNC(CC1CCCO1)c1cc(Cl)ccc1Cl. The maximum Gasteiger partial charge on any atom is 0.0594 e. The van der Waals surface area contributed by atoms with Crippen molar-refractivity contribution < 1.29 is 4.74 Å². The second-order valence-electron chi connectivity index (χ2n) is 5.04. The van der Waals surface area contributed by atoms with Crippen LogP contribution in [0.3, 0.4) is 0 Å². The molecule has 1 fully saturated rings. The van der Waals surface area contributed by atoms with Gasteiger partial charge >= 0.3 is 0 Å². The number of rotatable bonds is 6. The normalized spacial score (nSPS) is 20.7. The number of ether oxygens (including phenoxy) is 1. The van der Waals surface area contributed by atoms with Crippen molar-refractivity contribution in [1.82, 2.24) is 5.32 Å². The van der Waals surface area contributed by atoms with E-state index >= 15 is 0 Å². The van der Waals surface area contributed by atoms with Crippen molar-refractivity contribution in [2.75, 3.05) is 13.2 Å². The lowest BCUT2D eigenvalue weighted by Gasteiger charge is -2.23. The van der Waals surface area contributed by atoms with Crippen molar-refractivity contribution in [3.8, 4) is 0 Å². The molecule has 0 radical (unpaired) electrons. The van der Waals surface area contributed by atoms with Crippen molar-refractivity contribution in [2.24, 2.45) is 0 Å². The lowest BCUT2D eigenvalue weighted by atomic mass is 9.99. The van der Waals surface area contributed by atoms with Crippen LogP contribution in [0, 0.1) is 0 Å². The van der Waals surface area contributed by atoms with Gasteiger partial charge in [-0.1, -0.05) is 30.1 Å². The number of halogens is 2. The minimum absolute atomic E-state index is 0.217. The zero-order chi connectivity index (χ0) is 13.7. The predicted molar refractivity (Wildman–Crippen MR) is 81.1 cm³/mol. The van der Waals surface area contributed by atoms with Crippen LogP contribution in [-0.2, 0) is 4.74 Å². The van der Waals surface area contributed by atoms with Crippen LogP contribution < -0.4 is 5.32 Å². The highest BCUT2D eigenvalue weighted by Gasteiger charge is 2.23. The molecular formula is C15H21Cl2NO. The number of hydrogen-bond acceptors (Lipinski definition) is 2. The summed E-state index contributed by atoms with van der Waals surface area (Å²) in [5, 5.41) is 5.06. The fraction of sp³-hybridized carbons (Fsp3) is 0.600. The molecule has 0 bridgehead atoms. The van der Waals surface area contributed by atoms with E-state index in [0.29, 0.717) is 6.10 Å². The maximum absolute atomic E-state index is 6.32. The first-order valence-corrected chi connectivity index (χ1v) is 7.76. The van der Waals surface area contributed by atoms with Crippen LogP contribution in [0.4, 0.5) is 0 Å². The van der Waals surface area contributed by atoms with E-state index < -0.39 is 0 Å². The van der Waals surface area contributed by atoms with Gasteiger partial charge in [0.25, 0.3) is 0 Å². The molecule has 1 aliphatic rings. The van der Waals surface area contributed by atoms with Crippen LogP contribution in [0.2, 0.25) is 10.0 Å². The van der Waals surface area contributed by atoms with Gasteiger partial charge in [0.1, 0.15) is 0 Å². The first-order chi connectivity index (χ1) is 9.20. The van der Waals surface area contributed by atoms with Gasteiger partial charge in [-0.15, -0.1) is 0 Å². The molecule has 106 valence electrons. The lowest BCUT2D eigenvalue weighted by Crippen LogP contribution is -2.26. The Labute approximate surface area is 125 Å². The van der Waals surface area contributed by atoms with Gasteiger partial charge in [0.05, 0.1) is 6.10 Å². The van der Waals surface area contributed by atoms with Gasteiger partial charge in [0.2, 0.25) is 0 Å². The average molecular weight is 302 g/mol. The number of nitrogens with one attached hydrogen (secondary N) is 1. The van der Waals surface area contributed by atoms with Crippen LogP contribution in [0.5, 0.6) is 0 Å². The van der Waals surface area contributed by atoms with Crippen molar-refractivity contribution in [1.29, 1.82) is 0 Å². The van der Waals surface area contributed by atoms with Crippen LogP contribution in [-0.4, -0.2) is 19.3 Å². The number of benzene rings is 1. The second-order valence-corrected chi connectivity index (χ2v) is 5.89. The van der Waals surface area contributed by atoms with Crippen molar-refractivity contribution >= 4 is 23.2 Å². The largest absolute Gasteiger partial charge is 0.378 e. The van der Waals surface area contributed by atoms with Gasteiger partial charge in [-0.05, 0) is 56.0 Å². The summed E-state index contributed by atoms with van der Waals surface area (Å²) in [6.45, 7) is 4.02. The molecule has 1 heterocycles. The van der Waals surface area contributed by atoms with E-state index in [9.17, 15) is 0 Å². The predicted octanol–water partition coefficient (Wildman–Crippen LogP) is 4.60. The highest BCUT2D eigenvalue weighted by Crippen LogP contribution is 2.31. The molecule has 0 aromatic heterocycles. The van der Waals surface area contributed by atoms with E-state index in [-0.39, 0.29) is 6.04 Å². The Kier molecular flexibility index (Phi) is 5.96. The number of hydrogen-bond donors (Lipinski definition) is 1. The summed E-state index contributed by atoms with van der Waals surface area (Å²) in [4.78, 5) is 0. The molecule has 1 aliphatic heterocycles. The fourth-order valence-electron chi connectivity index (χ4n) is 2.51. The van der Waals surface area contributed by atoms with Crippen LogP contribution in [0.25, 0.3) is 0 Å². The molecule has 2 rings (SSSR count). The van der Waals surface area contributed by atoms with Gasteiger partial charge in [0, 0.05) is 22.7 Å². The third-order valence-electron chi connectivity index (χ3n) is 3.50. The first kappa shape index (κ1) is 15.1. The van der Waals surface area contributed by atoms with E-state index in [1.54, 1.807) is 0 Å². The molecule has 1 N–H and O–H groups in total. The molecule has 2 unspecified atom stereocenters. The van der Waals surface area contributed by atoms with Crippen molar-refractivity contribution in [2.45, 2.75) is 44.8 Å². The molecule has 1 saturated heterocycles. The molecule has 2 nitrogen and oxygen atoms in total. The van der Waals surface area contributed by atoms with Gasteiger partial charge in [-0.3, -0.25) is 0 Å². The molecule has 0 aliphatic carbocycles. The summed E-state index contributed by atoms with van der Waals surface area (Å²) >= 11 is 12.4. The Morgan fingerprint density at radius 3 is 2.95 bits per heavy atom. The minimum atomic E-state index is 0.217. The van der Waals surface area contributed by atoms with Crippen molar-refractivity contribution in [3.05, 3.63) is 33.8 Å². The third-order valence-corrected chi connectivity index (χ3v) is 4.08. The summed E-state index contributed by atoms with van der Waals surface area (Å²) in [5.41, 5.74) is 1.08. The van der Waals surface area contributed by atoms with E-state index in [4.69, 9.17) is 27.9 Å². The molecule has 19 heavy (non-hydrogen) atoms. The smallest absolute Gasteiger partial charge is 0.0594 e. The second kappa shape index (κ2) is 7.49. The highest BCUT2D eigenvalue weighted by molar-refractivity contribution is 6.33. The molecule has 1 aromatic carbocycles. The zero-order valence-electron chi connectivity index (χ0n) is 11.3. The Bertz CT molecular complexity index is 405. The topological polar surface area (TPSA) is 21.3 Å². The highest BCUT2D eigenvalue weighted by atomic mass is 35.5. The molecule has 1 aromatic rings. The van der Waals surface area contributed by atoms with E-state index in [0.717, 1.165) is 54.4 Å². The standard InChI is InChI=1S/C15H21Cl2NO/c1-2-7-18-15(10-12-4-3-8-19-12)13-9-11(16)5-6-14(13)17/h5-6,9,12,15,18H,2-4,7-8,10H2,1H3. The molecule has 0 saturated carbocycles. The van der Waals surface area contributed by atoms with Crippen molar-refractivity contribution in [3.63, 3.8) is 0 Å². The maximum atomic E-state index is 6.32.